The lowest BCUT2D eigenvalue weighted by atomic mass is 9.90. The molecule has 2 aliphatic rings. The highest BCUT2D eigenvalue weighted by Gasteiger charge is 2.47. The number of ether oxygens (including phenoxy) is 3. The first kappa shape index (κ1) is 23.0. The number of methoxy groups -OCH3 is 3. The third-order valence-corrected chi connectivity index (χ3v) is 5.69. The second-order valence-electron chi connectivity index (χ2n) is 7.96. The van der Waals surface area contributed by atoms with Crippen molar-refractivity contribution in [1.82, 2.24) is 4.90 Å². The van der Waals surface area contributed by atoms with Crippen LogP contribution in [0.3, 0.4) is 0 Å². The number of amides is 1. The van der Waals surface area contributed by atoms with E-state index in [2.05, 4.69) is 30.9 Å². The Hall–Kier alpha value is -4.15. The number of rotatable bonds is 9. The van der Waals surface area contributed by atoms with Gasteiger partial charge < -0.3 is 14.2 Å². The number of nitrogens with zero attached hydrogens (tertiary/aromatic N) is 7. The normalized spacial score (nSPS) is 22.2. The molecule has 2 atom stereocenters. The average molecular weight is 463 g/mol. The molecule has 34 heavy (non-hydrogen) atoms. The minimum Gasteiger partial charge on any atom is -0.497 e. The van der Waals surface area contributed by atoms with Crippen LogP contribution in [-0.2, 0) is 17.6 Å². The van der Waals surface area contributed by atoms with Gasteiger partial charge in [0.2, 0.25) is 5.66 Å². The Morgan fingerprint density at radius 1 is 0.853 bits per heavy atom. The van der Waals surface area contributed by atoms with Crippen LogP contribution in [0.2, 0.25) is 0 Å². The molecule has 0 bridgehead atoms. The van der Waals surface area contributed by atoms with Crippen molar-refractivity contribution >= 4 is 18.5 Å². The first-order valence-electron chi connectivity index (χ1n) is 10.6. The van der Waals surface area contributed by atoms with E-state index >= 15 is 0 Å². The molecule has 2 aromatic carbocycles. The molecule has 11 nitrogen and oxygen atoms in total. The zero-order valence-corrected chi connectivity index (χ0v) is 19.2. The fourth-order valence-corrected chi connectivity index (χ4v) is 3.95. The molecule has 2 unspecified atom stereocenters. The van der Waals surface area contributed by atoms with Gasteiger partial charge in [-0.05, 0) is 45.8 Å². The highest BCUT2D eigenvalue weighted by atomic mass is 16.5. The largest absolute Gasteiger partial charge is 0.497 e. The van der Waals surface area contributed by atoms with Crippen molar-refractivity contribution in [3.05, 3.63) is 59.7 Å². The van der Waals surface area contributed by atoms with E-state index < -0.39 is 17.3 Å². The fourth-order valence-electron chi connectivity index (χ4n) is 3.95. The van der Waals surface area contributed by atoms with Gasteiger partial charge in [-0.25, -0.2) is 4.79 Å². The zero-order chi connectivity index (χ0) is 24.0. The van der Waals surface area contributed by atoms with Crippen LogP contribution in [0.25, 0.3) is 0 Å². The van der Waals surface area contributed by atoms with Crippen LogP contribution in [-0.4, -0.2) is 62.5 Å². The predicted octanol–water partition coefficient (Wildman–Crippen LogP) is 3.90. The van der Waals surface area contributed by atoms with E-state index in [-0.39, 0.29) is 6.54 Å². The number of carbonyl (C=O) groups excluding carboxylic acids is 1. The van der Waals surface area contributed by atoms with Crippen LogP contribution in [0.1, 0.15) is 11.1 Å². The van der Waals surface area contributed by atoms with Gasteiger partial charge in [0.15, 0.2) is 0 Å². The molecule has 0 saturated carbocycles. The standard InChI is InChI=1S/C23H25N7O4/c1-32-19-9-7-17(8-10-19)12-22(14-24-28-26-22)16-30(21(31)34-3)23(15-25-29-27-23)13-18-5-4-6-20(11-18)33-2/h4-11,14-15H,12-13,16H2,1-3H3. The van der Waals surface area contributed by atoms with Crippen molar-refractivity contribution in [3.8, 4) is 11.5 Å². The Morgan fingerprint density at radius 2 is 1.59 bits per heavy atom. The Balaban J connectivity index is 1.67. The SMILES string of the molecule is COC(=O)N(CC1(Cc2ccc(OC)cc2)C=NN=N1)C1(Cc2cccc(OC)c2)C=NN=N1. The fraction of sp³-hybridized carbons (Fsp3) is 0.348. The van der Waals surface area contributed by atoms with E-state index in [4.69, 9.17) is 14.2 Å². The molecule has 0 saturated heterocycles. The summed E-state index contributed by atoms with van der Waals surface area (Å²) in [4.78, 5) is 14.5. The summed E-state index contributed by atoms with van der Waals surface area (Å²) in [6.07, 6.45) is 3.32. The molecule has 11 heteroatoms. The maximum Gasteiger partial charge on any atom is 0.411 e. The average Bonchev–Trinajstić information content (AvgIpc) is 3.53. The Labute approximate surface area is 196 Å². The summed E-state index contributed by atoms with van der Waals surface area (Å²) in [6.45, 7) is 0.0910. The number of carbonyl (C=O) groups is 1. The molecule has 0 radical (unpaired) electrons. The Kier molecular flexibility index (Phi) is 6.62. The lowest BCUT2D eigenvalue weighted by molar-refractivity contribution is 0.0836. The van der Waals surface area contributed by atoms with Gasteiger partial charge in [-0.2, -0.15) is 5.11 Å². The summed E-state index contributed by atoms with van der Waals surface area (Å²) in [5.41, 5.74) is -0.276. The summed E-state index contributed by atoms with van der Waals surface area (Å²) >= 11 is 0. The lowest BCUT2D eigenvalue weighted by Crippen LogP contribution is -2.58. The lowest BCUT2D eigenvalue weighted by Gasteiger charge is -2.38. The van der Waals surface area contributed by atoms with Gasteiger partial charge >= 0.3 is 6.09 Å². The summed E-state index contributed by atoms with van der Waals surface area (Å²) < 4.78 is 15.7. The Bertz CT molecular complexity index is 1120. The zero-order valence-electron chi connectivity index (χ0n) is 19.2. The topological polar surface area (TPSA) is 122 Å². The van der Waals surface area contributed by atoms with Gasteiger partial charge in [0, 0.05) is 12.8 Å². The molecule has 0 spiro atoms. The van der Waals surface area contributed by atoms with Gasteiger partial charge in [0.25, 0.3) is 0 Å². The smallest absolute Gasteiger partial charge is 0.411 e. The van der Waals surface area contributed by atoms with Crippen molar-refractivity contribution in [2.24, 2.45) is 30.9 Å². The maximum absolute atomic E-state index is 13.1. The first-order chi connectivity index (χ1) is 16.5. The van der Waals surface area contributed by atoms with Crippen molar-refractivity contribution in [2.45, 2.75) is 24.0 Å². The highest BCUT2D eigenvalue weighted by Crippen LogP contribution is 2.32. The summed E-state index contributed by atoms with van der Waals surface area (Å²) in [5.74, 6) is 1.44. The van der Waals surface area contributed by atoms with Gasteiger partial charge in [-0.15, -0.1) is 15.3 Å². The van der Waals surface area contributed by atoms with Crippen LogP contribution in [0, 0.1) is 0 Å². The minimum atomic E-state index is -1.21. The van der Waals surface area contributed by atoms with Crippen molar-refractivity contribution in [3.63, 3.8) is 0 Å². The van der Waals surface area contributed by atoms with Crippen molar-refractivity contribution < 1.29 is 19.0 Å². The predicted molar refractivity (Wildman–Crippen MR) is 125 cm³/mol. The van der Waals surface area contributed by atoms with E-state index in [1.165, 1.54) is 18.2 Å². The van der Waals surface area contributed by atoms with Crippen LogP contribution in [0.4, 0.5) is 4.79 Å². The molecular weight excluding hydrogens is 438 g/mol. The first-order valence-corrected chi connectivity index (χ1v) is 10.6. The molecule has 2 aliphatic heterocycles. The molecule has 0 fully saturated rings. The molecule has 2 aromatic rings. The molecule has 176 valence electrons. The second kappa shape index (κ2) is 9.77. The molecule has 0 N–H and O–H groups in total. The second-order valence-corrected chi connectivity index (χ2v) is 7.96. The van der Waals surface area contributed by atoms with Crippen LogP contribution < -0.4 is 9.47 Å². The molecular formula is C23H25N7O4. The van der Waals surface area contributed by atoms with Crippen LogP contribution >= 0.6 is 0 Å². The maximum atomic E-state index is 13.1. The third kappa shape index (κ3) is 4.77. The van der Waals surface area contributed by atoms with E-state index in [9.17, 15) is 4.79 Å². The summed E-state index contributed by atoms with van der Waals surface area (Å²) in [7, 11) is 4.53. The molecule has 0 aromatic heterocycles. The molecule has 4 rings (SSSR count). The van der Waals surface area contributed by atoms with Gasteiger partial charge in [0.05, 0.1) is 40.3 Å². The molecule has 0 aliphatic carbocycles. The van der Waals surface area contributed by atoms with Crippen molar-refractivity contribution in [1.29, 1.82) is 0 Å². The van der Waals surface area contributed by atoms with Gasteiger partial charge in [-0.1, -0.05) is 24.3 Å². The van der Waals surface area contributed by atoms with Crippen molar-refractivity contribution in [2.75, 3.05) is 27.9 Å². The van der Waals surface area contributed by atoms with Gasteiger partial charge in [0.1, 0.15) is 17.0 Å². The van der Waals surface area contributed by atoms with Crippen LogP contribution in [0.15, 0.2) is 79.4 Å². The summed E-state index contributed by atoms with van der Waals surface area (Å²) in [5, 5.41) is 24.4. The number of hydrogen-bond donors (Lipinski definition) is 0. The number of hydrogen-bond acceptors (Lipinski definition) is 10. The molecule has 1 amide bonds. The van der Waals surface area contributed by atoms with E-state index in [1.807, 2.05) is 48.5 Å². The van der Waals surface area contributed by atoms with Gasteiger partial charge in [-0.3, -0.25) is 4.90 Å². The third-order valence-electron chi connectivity index (χ3n) is 5.69. The monoisotopic (exact) mass is 463 g/mol. The molecule has 2 heterocycles. The Morgan fingerprint density at radius 3 is 2.21 bits per heavy atom. The van der Waals surface area contributed by atoms with E-state index in [1.54, 1.807) is 20.4 Å². The summed E-state index contributed by atoms with van der Waals surface area (Å²) in [6, 6.07) is 15.1. The number of benzene rings is 2. The van der Waals surface area contributed by atoms with E-state index in [0.717, 1.165) is 16.9 Å². The van der Waals surface area contributed by atoms with Crippen LogP contribution in [0.5, 0.6) is 11.5 Å². The highest BCUT2D eigenvalue weighted by molar-refractivity contribution is 5.81. The minimum absolute atomic E-state index is 0.0910. The van der Waals surface area contributed by atoms with E-state index in [0.29, 0.717) is 18.6 Å². The quantitative estimate of drug-likeness (QED) is 0.560.